The smallest absolute Gasteiger partial charge is 0.385 e. The summed E-state index contributed by atoms with van der Waals surface area (Å²) in [5.41, 5.74) is -3.39. The summed E-state index contributed by atoms with van der Waals surface area (Å²) in [5, 5.41) is 7.99. The van der Waals surface area contributed by atoms with E-state index in [9.17, 15) is 44.3 Å². The van der Waals surface area contributed by atoms with E-state index >= 15 is 0 Å². The van der Waals surface area contributed by atoms with Gasteiger partial charge in [0.2, 0.25) is 0 Å². The van der Waals surface area contributed by atoms with Crippen LogP contribution in [0.25, 0.3) is 0 Å². The predicted molar refractivity (Wildman–Crippen MR) is 35.6 cm³/mol. The highest BCUT2D eigenvalue weighted by molar-refractivity contribution is 5.90. The minimum absolute atomic E-state index is 3.19. The average molecular weight is 288 g/mol. The summed E-state index contributed by atoms with van der Waals surface area (Å²) in [4.78, 5) is 10.1. The van der Waals surface area contributed by atoms with Crippen molar-refractivity contribution >= 4 is 5.97 Å². The fourth-order valence-electron chi connectivity index (χ4n) is 1.21. The summed E-state index contributed by atoms with van der Waals surface area (Å²) >= 11 is 0. The summed E-state index contributed by atoms with van der Waals surface area (Å²) in [6, 6.07) is 0. The second-order valence-electron chi connectivity index (χ2n) is 3.29. The fourth-order valence-corrected chi connectivity index (χ4v) is 1.21. The van der Waals surface area contributed by atoms with Crippen LogP contribution in [0.3, 0.4) is 0 Å². The number of alkyl halides is 8. The van der Waals surface area contributed by atoms with Crippen LogP contribution in [0, 0.1) is 0 Å². The molecule has 0 heterocycles. The van der Waals surface area contributed by atoms with Gasteiger partial charge in [0, 0.05) is 0 Å². The van der Waals surface area contributed by atoms with Crippen molar-refractivity contribution < 1.29 is 49.4 Å². The molecule has 1 N–H and O–H groups in total. The van der Waals surface area contributed by atoms with Gasteiger partial charge in [-0.25, -0.2) is 9.18 Å². The Kier molecular flexibility index (Phi) is 2.70. The van der Waals surface area contributed by atoms with E-state index in [1.807, 2.05) is 0 Å². The molecule has 0 fully saturated rings. The fraction of sp³-hybridized carbons (Fsp3) is 0.571. The molecule has 1 rings (SSSR count). The number of hydrogen-bond acceptors (Lipinski definition) is 1. The minimum Gasteiger partial charge on any atom is -0.478 e. The van der Waals surface area contributed by atoms with Crippen LogP contribution < -0.4 is 0 Å². The molecule has 0 radical (unpaired) electrons. The van der Waals surface area contributed by atoms with Crippen molar-refractivity contribution in [3.63, 3.8) is 0 Å². The molecule has 0 amide bonds. The van der Waals surface area contributed by atoms with Crippen LogP contribution in [0.1, 0.15) is 0 Å². The topological polar surface area (TPSA) is 37.3 Å². The van der Waals surface area contributed by atoms with Crippen molar-refractivity contribution in [1.29, 1.82) is 0 Å². The van der Waals surface area contributed by atoms with E-state index in [4.69, 9.17) is 5.11 Å². The lowest BCUT2D eigenvalue weighted by Crippen LogP contribution is -2.67. The number of carboxylic acids is 1. The Morgan fingerprint density at radius 3 is 1.50 bits per heavy atom. The molecule has 2 nitrogen and oxygen atoms in total. The van der Waals surface area contributed by atoms with Gasteiger partial charge in [0.15, 0.2) is 11.4 Å². The van der Waals surface area contributed by atoms with E-state index < -0.39 is 41.1 Å². The third kappa shape index (κ3) is 1.29. The molecular formula is C7HF9O2. The Balaban J connectivity index is 3.79. The molecule has 0 aromatic carbocycles. The van der Waals surface area contributed by atoms with E-state index in [0.717, 1.165) is 0 Å². The van der Waals surface area contributed by atoms with Gasteiger partial charge in [0.25, 0.3) is 0 Å². The normalized spacial score (nSPS) is 28.1. The molecule has 0 bridgehead atoms. The van der Waals surface area contributed by atoms with Gasteiger partial charge in [-0.1, -0.05) is 0 Å². The Hall–Kier alpha value is -1.42. The predicted octanol–water partition coefficient (Wildman–Crippen LogP) is 2.85. The number of halogens is 9. The van der Waals surface area contributed by atoms with Crippen LogP contribution in [0.4, 0.5) is 39.5 Å². The number of allylic oxidation sites excluding steroid dienone is 1. The van der Waals surface area contributed by atoms with Crippen molar-refractivity contribution in [1.82, 2.24) is 0 Å². The molecule has 18 heavy (non-hydrogen) atoms. The van der Waals surface area contributed by atoms with Crippen LogP contribution in [-0.4, -0.2) is 34.8 Å². The van der Waals surface area contributed by atoms with Crippen molar-refractivity contribution in [3.05, 3.63) is 11.4 Å². The first-order valence-electron chi connectivity index (χ1n) is 3.88. The molecular weight excluding hydrogens is 287 g/mol. The SMILES string of the molecule is O=C(O)C1=C(F)C(F)(F)C(F)(F)C(F)(F)C1(F)F. The number of rotatable bonds is 1. The van der Waals surface area contributed by atoms with Crippen molar-refractivity contribution in [2.45, 2.75) is 23.7 Å². The highest BCUT2D eigenvalue weighted by Gasteiger charge is 2.87. The molecule has 0 atom stereocenters. The van der Waals surface area contributed by atoms with Crippen molar-refractivity contribution in [2.24, 2.45) is 0 Å². The Morgan fingerprint density at radius 2 is 1.17 bits per heavy atom. The lowest BCUT2D eigenvalue weighted by molar-refractivity contribution is -0.362. The van der Waals surface area contributed by atoms with Crippen molar-refractivity contribution in [3.8, 4) is 0 Å². The molecule has 0 saturated heterocycles. The first-order valence-corrected chi connectivity index (χ1v) is 3.88. The maximum absolute atomic E-state index is 12.7. The first kappa shape index (κ1) is 14.6. The minimum atomic E-state index is -6.77. The molecule has 0 unspecified atom stereocenters. The zero-order chi connectivity index (χ0) is 14.7. The third-order valence-corrected chi connectivity index (χ3v) is 2.21. The van der Waals surface area contributed by atoms with Gasteiger partial charge in [0.1, 0.15) is 0 Å². The maximum Gasteiger partial charge on any atom is 0.385 e. The summed E-state index contributed by atoms with van der Waals surface area (Å²) in [5.74, 6) is -33.2. The maximum atomic E-state index is 12.7. The molecule has 1 aliphatic carbocycles. The number of aliphatic carboxylic acids is 1. The Labute approximate surface area is 91.7 Å². The van der Waals surface area contributed by atoms with Gasteiger partial charge >= 0.3 is 29.7 Å². The molecule has 0 aliphatic heterocycles. The van der Waals surface area contributed by atoms with Crippen molar-refractivity contribution in [2.75, 3.05) is 0 Å². The standard InChI is InChI=1S/C7HF9O2/c8-2-1(3(17)18)4(9,10)6(13,14)7(15,16)5(2,11)12/h(H,17,18). The second kappa shape index (κ2) is 3.32. The molecule has 0 spiro atoms. The lowest BCUT2D eigenvalue weighted by Gasteiger charge is -2.40. The third-order valence-electron chi connectivity index (χ3n) is 2.21. The molecule has 104 valence electrons. The Morgan fingerprint density at radius 1 is 0.833 bits per heavy atom. The zero-order valence-corrected chi connectivity index (χ0v) is 7.76. The second-order valence-corrected chi connectivity index (χ2v) is 3.29. The molecule has 11 heteroatoms. The molecule has 1 aliphatic rings. The van der Waals surface area contributed by atoms with E-state index in [0.29, 0.717) is 0 Å². The first-order chi connectivity index (χ1) is 7.73. The number of hydrogen-bond donors (Lipinski definition) is 1. The average Bonchev–Trinajstić information content (AvgIpc) is 2.14. The van der Waals surface area contributed by atoms with Gasteiger partial charge in [-0.3, -0.25) is 0 Å². The van der Waals surface area contributed by atoms with Gasteiger partial charge in [-0.05, 0) is 0 Å². The van der Waals surface area contributed by atoms with Crippen LogP contribution in [0.5, 0.6) is 0 Å². The van der Waals surface area contributed by atoms with E-state index in [2.05, 4.69) is 0 Å². The molecule has 0 aromatic heterocycles. The van der Waals surface area contributed by atoms with Gasteiger partial charge < -0.3 is 5.11 Å². The quantitative estimate of drug-likeness (QED) is 0.753. The van der Waals surface area contributed by atoms with Crippen LogP contribution in [0.15, 0.2) is 11.4 Å². The largest absolute Gasteiger partial charge is 0.478 e. The van der Waals surface area contributed by atoms with Crippen LogP contribution in [0.2, 0.25) is 0 Å². The molecule has 0 saturated carbocycles. The number of carboxylic acid groups (broad SMARTS) is 1. The van der Waals surface area contributed by atoms with E-state index in [1.165, 1.54) is 0 Å². The summed E-state index contributed by atoms with van der Waals surface area (Å²) in [6.45, 7) is 0. The number of carbonyl (C=O) groups is 1. The summed E-state index contributed by atoms with van der Waals surface area (Å²) in [7, 11) is 0. The lowest BCUT2D eigenvalue weighted by atomic mass is 9.85. The van der Waals surface area contributed by atoms with Gasteiger partial charge in [-0.2, -0.15) is 35.1 Å². The highest BCUT2D eigenvalue weighted by Crippen LogP contribution is 2.61. The van der Waals surface area contributed by atoms with Gasteiger partial charge in [0.05, 0.1) is 0 Å². The summed E-state index contributed by atoms with van der Waals surface area (Å²) in [6.07, 6.45) is 0. The summed E-state index contributed by atoms with van der Waals surface area (Å²) < 4.78 is 113. The zero-order valence-electron chi connectivity index (χ0n) is 7.76. The van der Waals surface area contributed by atoms with Gasteiger partial charge in [-0.15, -0.1) is 0 Å². The van der Waals surface area contributed by atoms with Crippen LogP contribution in [-0.2, 0) is 4.79 Å². The van der Waals surface area contributed by atoms with Crippen LogP contribution >= 0.6 is 0 Å². The highest BCUT2D eigenvalue weighted by atomic mass is 19.4. The van der Waals surface area contributed by atoms with E-state index in [-0.39, 0.29) is 0 Å². The van der Waals surface area contributed by atoms with E-state index in [1.54, 1.807) is 0 Å². The molecule has 0 aromatic rings. The monoisotopic (exact) mass is 288 g/mol. The Bertz CT molecular complexity index is 436.